The van der Waals surface area contributed by atoms with Crippen LogP contribution in [-0.2, 0) is 15.9 Å². The van der Waals surface area contributed by atoms with Crippen LogP contribution in [-0.4, -0.2) is 70.8 Å². The second-order valence-electron chi connectivity index (χ2n) is 8.02. The van der Waals surface area contributed by atoms with Crippen molar-refractivity contribution in [2.75, 3.05) is 19.8 Å². The Labute approximate surface area is 185 Å². The fraction of sp³-hybridized carbons (Fsp3) is 0.478. The molecule has 4 N–H and O–H groups in total. The van der Waals surface area contributed by atoms with Crippen molar-refractivity contribution in [2.24, 2.45) is 0 Å². The number of aliphatic hydroxyl groups is 4. The second kappa shape index (κ2) is 9.83. The van der Waals surface area contributed by atoms with Gasteiger partial charge in [-0.05, 0) is 41.3 Å². The average Bonchev–Trinajstić information content (AvgIpc) is 3.28. The predicted octanol–water partition coefficient (Wildman–Crippen LogP) is 1.61. The van der Waals surface area contributed by atoms with Crippen LogP contribution in [0.25, 0.3) is 0 Å². The van der Waals surface area contributed by atoms with E-state index >= 15 is 0 Å². The summed E-state index contributed by atoms with van der Waals surface area (Å²) in [5, 5.41) is 40.2. The van der Waals surface area contributed by atoms with Crippen LogP contribution in [0, 0.1) is 0 Å². The Morgan fingerprint density at radius 3 is 2.42 bits per heavy atom. The van der Waals surface area contributed by atoms with Crippen molar-refractivity contribution in [1.29, 1.82) is 0 Å². The van der Waals surface area contributed by atoms with Crippen LogP contribution in [0.15, 0.2) is 42.5 Å². The van der Waals surface area contributed by atoms with Gasteiger partial charge in [0, 0.05) is 11.4 Å². The molecule has 31 heavy (non-hydrogen) atoms. The number of aliphatic hydroxyl groups excluding tert-OH is 4. The number of rotatable bonds is 6. The Hall–Kier alpha value is -1.71. The van der Waals surface area contributed by atoms with E-state index in [2.05, 4.69) is 0 Å². The zero-order chi connectivity index (χ0) is 22.0. The van der Waals surface area contributed by atoms with E-state index in [4.69, 9.17) is 25.8 Å². The molecule has 4 rings (SSSR count). The van der Waals surface area contributed by atoms with Crippen molar-refractivity contribution >= 4 is 11.6 Å². The van der Waals surface area contributed by atoms with Gasteiger partial charge in [-0.1, -0.05) is 35.9 Å². The third-order valence-electron chi connectivity index (χ3n) is 5.81. The minimum absolute atomic E-state index is 0.107. The van der Waals surface area contributed by atoms with Gasteiger partial charge >= 0.3 is 0 Å². The maximum Gasteiger partial charge on any atom is 0.124 e. The Morgan fingerprint density at radius 2 is 1.77 bits per heavy atom. The van der Waals surface area contributed by atoms with Crippen molar-refractivity contribution in [2.45, 2.75) is 49.5 Å². The molecule has 0 aliphatic carbocycles. The fourth-order valence-corrected chi connectivity index (χ4v) is 4.22. The molecule has 0 radical (unpaired) electrons. The number of benzene rings is 2. The molecule has 2 saturated heterocycles. The first kappa shape index (κ1) is 22.5. The summed E-state index contributed by atoms with van der Waals surface area (Å²) in [6.45, 7) is 0.888. The summed E-state index contributed by atoms with van der Waals surface area (Å²) >= 11 is 6.49. The molecular weight excluding hydrogens is 424 g/mol. The molecule has 168 valence electrons. The molecule has 2 aliphatic heterocycles. The van der Waals surface area contributed by atoms with E-state index in [-0.39, 0.29) is 6.10 Å². The first-order valence-corrected chi connectivity index (χ1v) is 10.8. The largest absolute Gasteiger partial charge is 0.488 e. The summed E-state index contributed by atoms with van der Waals surface area (Å²) in [6.07, 6.45) is -4.40. The van der Waals surface area contributed by atoms with Gasteiger partial charge in [-0.3, -0.25) is 0 Å². The van der Waals surface area contributed by atoms with Crippen molar-refractivity contribution < 1.29 is 34.6 Å². The molecule has 2 aliphatic rings. The molecule has 2 fully saturated rings. The van der Waals surface area contributed by atoms with E-state index in [1.165, 1.54) is 0 Å². The molecule has 3 unspecified atom stereocenters. The number of hydrogen-bond acceptors (Lipinski definition) is 7. The molecule has 0 amide bonds. The van der Waals surface area contributed by atoms with Crippen LogP contribution in [0.2, 0.25) is 5.02 Å². The van der Waals surface area contributed by atoms with Gasteiger partial charge < -0.3 is 34.6 Å². The SMILES string of the molecule is OCC1O[C@@H](c2ccc(Cc3ccc(O[C@@H]4CCOC4)cc3)c(Cl)c2)C(O)C(O)[C@@H]1O. The fourth-order valence-electron chi connectivity index (χ4n) is 3.97. The van der Waals surface area contributed by atoms with E-state index in [0.717, 1.165) is 29.9 Å². The molecule has 6 atom stereocenters. The second-order valence-corrected chi connectivity index (χ2v) is 8.43. The highest BCUT2D eigenvalue weighted by Crippen LogP contribution is 2.34. The Bertz CT molecular complexity index is 867. The van der Waals surface area contributed by atoms with Crippen LogP contribution in [0.3, 0.4) is 0 Å². The van der Waals surface area contributed by atoms with Crippen molar-refractivity contribution in [3.63, 3.8) is 0 Å². The predicted molar refractivity (Wildman–Crippen MR) is 113 cm³/mol. The number of ether oxygens (including phenoxy) is 3. The lowest BCUT2D eigenvalue weighted by atomic mass is 9.90. The highest BCUT2D eigenvalue weighted by molar-refractivity contribution is 6.31. The quantitative estimate of drug-likeness (QED) is 0.529. The highest BCUT2D eigenvalue weighted by atomic mass is 35.5. The zero-order valence-corrected chi connectivity index (χ0v) is 17.7. The minimum Gasteiger partial charge on any atom is -0.488 e. The lowest BCUT2D eigenvalue weighted by Gasteiger charge is -2.40. The normalized spacial score (nSPS) is 31.0. The molecule has 8 heteroatoms. The molecule has 2 heterocycles. The third kappa shape index (κ3) is 5.04. The third-order valence-corrected chi connectivity index (χ3v) is 6.16. The van der Waals surface area contributed by atoms with Crippen LogP contribution in [0.1, 0.15) is 29.2 Å². The molecule has 2 aromatic rings. The van der Waals surface area contributed by atoms with Gasteiger partial charge in [-0.2, -0.15) is 0 Å². The maximum atomic E-state index is 10.3. The van der Waals surface area contributed by atoms with E-state index in [0.29, 0.717) is 23.6 Å². The van der Waals surface area contributed by atoms with E-state index in [1.807, 2.05) is 30.3 Å². The highest BCUT2D eigenvalue weighted by Gasteiger charge is 2.44. The summed E-state index contributed by atoms with van der Waals surface area (Å²) in [4.78, 5) is 0. The lowest BCUT2D eigenvalue weighted by Crippen LogP contribution is -2.55. The average molecular weight is 451 g/mol. The Morgan fingerprint density at radius 1 is 1.00 bits per heavy atom. The monoisotopic (exact) mass is 450 g/mol. The summed E-state index contributed by atoms with van der Waals surface area (Å²) in [6, 6.07) is 13.2. The van der Waals surface area contributed by atoms with Crippen LogP contribution in [0.4, 0.5) is 0 Å². The first-order chi connectivity index (χ1) is 15.0. The van der Waals surface area contributed by atoms with Gasteiger partial charge in [0.15, 0.2) is 0 Å². The maximum absolute atomic E-state index is 10.3. The zero-order valence-electron chi connectivity index (χ0n) is 16.9. The topological polar surface area (TPSA) is 109 Å². The summed E-state index contributed by atoms with van der Waals surface area (Å²) < 4.78 is 16.8. The summed E-state index contributed by atoms with van der Waals surface area (Å²) in [5.41, 5.74) is 2.53. The van der Waals surface area contributed by atoms with Crippen molar-refractivity contribution in [3.05, 3.63) is 64.2 Å². The van der Waals surface area contributed by atoms with Gasteiger partial charge in [-0.25, -0.2) is 0 Å². The molecule has 0 aromatic heterocycles. The molecule has 0 bridgehead atoms. The molecule has 0 spiro atoms. The van der Waals surface area contributed by atoms with Gasteiger partial charge in [-0.15, -0.1) is 0 Å². The molecule has 2 aromatic carbocycles. The van der Waals surface area contributed by atoms with Crippen LogP contribution >= 0.6 is 11.6 Å². The molecular formula is C23H27ClO7. The molecule has 7 nitrogen and oxygen atoms in total. The van der Waals surface area contributed by atoms with Crippen LogP contribution in [0.5, 0.6) is 5.75 Å². The van der Waals surface area contributed by atoms with Crippen LogP contribution < -0.4 is 4.74 Å². The Kier molecular flexibility index (Phi) is 7.13. The van der Waals surface area contributed by atoms with E-state index in [1.54, 1.807) is 12.1 Å². The van der Waals surface area contributed by atoms with Gasteiger partial charge in [0.05, 0.1) is 19.8 Å². The van der Waals surface area contributed by atoms with Gasteiger partial charge in [0.1, 0.15) is 42.4 Å². The standard InChI is InChI=1S/C23H27ClO7/c24-18-10-15(23-22(28)21(27)20(26)19(11-25)31-23)4-3-14(18)9-13-1-5-16(6-2-13)30-17-7-8-29-12-17/h1-6,10,17,19-23,25-28H,7-9,11-12H2/t17-,19?,20-,21?,22?,23+/m1/s1. The summed E-state index contributed by atoms with van der Waals surface area (Å²) in [7, 11) is 0. The first-order valence-electron chi connectivity index (χ1n) is 10.4. The van der Waals surface area contributed by atoms with Crippen molar-refractivity contribution in [3.8, 4) is 5.75 Å². The number of hydrogen-bond donors (Lipinski definition) is 4. The summed E-state index contributed by atoms with van der Waals surface area (Å²) in [5.74, 6) is 0.809. The number of halogens is 1. The smallest absolute Gasteiger partial charge is 0.124 e. The van der Waals surface area contributed by atoms with Crippen molar-refractivity contribution in [1.82, 2.24) is 0 Å². The van der Waals surface area contributed by atoms with E-state index < -0.39 is 37.1 Å². The Balaban J connectivity index is 1.44. The molecule has 0 saturated carbocycles. The van der Waals surface area contributed by atoms with E-state index in [9.17, 15) is 20.4 Å². The van der Waals surface area contributed by atoms with Gasteiger partial charge in [0.2, 0.25) is 0 Å². The van der Waals surface area contributed by atoms with Gasteiger partial charge in [0.25, 0.3) is 0 Å². The lowest BCUT2D eigenvalue weighted by molar-refractivity contribution is -0.231. The minimum atomic E-state index is -1.43.